The van der Waals surface area contributed by atoms with Gasteiger partial charge in [-0.3, -0.25) is 0 Å². The van der Waals surface area contributed by atoms with Crippen LogP contribution in [0.25, 0.3) is 0 Å². The molecule has 4 heteroatoms. The second-order valence-electron chi connectivity index (χ2n) is 4.50. The van der Waals surface area contributed by atoms with E-state index in [-0.39, 0.29) is 5.76 Å². The molecule has 4 nitrogen and oxygen atoms in total. The third kappa shape index (κ3) is 2.10. The van der Waals surface area contributed by atoms with E-state index in [1.54, 1.807) is 0 Å². The van der Waals surface area contributed by atoms with E-state index in [4.69, 9.17) is 9.63 Å². The second kappa shape index (κ2) is 4.68. The van der Waals surface area contributed by atoms with Crippen molar-refractivity contribution in [2.45, 2.75) is 51.4 Å². The van der Waals surface area contributed by atoms with Gasteiger partial charge in [-0.05, 0) is 25.7 Å². The third-order valence-electron chi connectivity index (χ3n) is 3.37. The molecule has 0 aromatic carbocycles. The molecule has 0 spiro atoms. The lowest BCUT2D eigenvalue weighted by atomic mass is 9.90. The van der Waals surface area contributed by atoms with Crippen LogP contribution in [0, 0.1) is 6.92 Å². The predicted molar refractivity (Wildman–Crippen MR) is 58.6 cm³/mol. The number of aromatic carboxylic acids is 1. The van der Waals surface area contributed by atoms with Crippen molar-refractivity contribution in [3.63, 3.8) is 0 Å². The van der Waals surface area contributed by atoms with Gasteiger partial charge in [-0.2, -0.15) is 0 Å². The number of carboxylic acids is 1. The van der Waals surface area contributed by atoms with Gasteiger partial charge in [-0.15, -0.1) is 0 Å². The molecular weight excluding hydrogens is 206 g/mol. The Bertz CT molecular complexity index is 376. The van der Waals surface area contributed by atoms with Crippen molar-refractivity contribution in [1.29, 1.82) is 0 Å². The van der Waals surface area contributed by atoms with Gasteiger partial charge < -0.3 is 9.63 Å². The molecule has 0 atom stereocenters. The summed E-state index contributed by atoms with van der Waals surface area (Å²) in [5.41, 5.74) is 1.57. The highest BCUT2D eigenvalue weighted by atomic mass is 16.5. The molecule has 0 amide bonds. The molecule has 1 aliphatic carbocycles. The molecule has 0 saturated heterocycles. The molecule has 0 aliphatic heterocycles. The Kier molecular flexibility index (Phi) is 3.27. The average Bonchev–Trinajstić information content (AvgIpc) is 2.50. The van der Waals surface area contributed by atoms with Crippen LogP contribution >= 0.6 is 0 Å². The smallest absolute Gasteiger partial charge is 0.375 e. The summed E-state index contributed by atoms with van der Waals surface area (Å²) in [5.74, 6) is -0.635. The second-order valence-corrected chi connectivity index (χ2v) is 4.50. The van der Waals surface area contributed by atoms with E-state index in [1.165, 1.54) is 25.7 Å². The highest BCUT2D eigenvalue weighted by Gasteiger charge is 2.26. The Labute approximate surface area is 94.6 Å². The monoisotopic (exact) mass is 223 g/mol. The maximum atomic E-state index is 11.0. The number of hydrogen-bond acceptors (Lipinski definition) is 3. The molecule has 1 fully saturated rings. The Hall–Kier alpha value is -1.32. The molecule has 1 N–H and O–H groups in total. The molecule has 1 aromatic heterocycles. The van der Waals surface area contributed by atoms with Gasteiger partial charge in [0, 0.05) is 5.56 Å². The minimum absolute atomic E-state index is 0.0457. The van der Waals surface area contributed by atoms with Crippen molar-refractivity contribution in [1.82, 2.24) is 5.16 Å². The topological polar surface area (TPSA) is 63.3 Å². The van der Waals surface area contributed by atoms with Crippen molar-refractivity contribution >= 4 is 5.97 Å². The minimum atomic E-state index is -1.00. The van der Waals surface area contributed by atoms with Gasteiger partial charge >= 0.3 is 5.97 Å². The quantitative estimate of drug-likeness (QED) is 0.782. The Morgan fingerprint density at radius 1 is 1.31 bits per heavy atom. The van der Waals surface area contributed by atoms with E-state index < -0.39 is 5.97 Å². The summed E-state index contributed by atoms with van der Waals surface area (Å²) in [4.78, 5) is 11.0. The van der Waals surface area contributed by atoms with Crippen LogP contribution in [0.4, 0.5) is 0 Å². The molecule has 0 radical (unpaired) electrons. The van der Waals surface area contributed by atoms with E-state index in [2.05, 4.69) is 5.16 Å². The summed E-state index contributed by atoms with van der Waals surface area (Å²) in [6.07, 6.45) is 6.97. The maximum absolute atomic E-state index is 11.0. The van der Waals surface area contributed by atoms with Gasteiger partial charge in [0.1, 0.15) is 0 Å². The zero-order valence-corrected chi connectivity index (χ0v) is 9.53. The number of carbonyl (C=O) groups is 1. The molecule has 1 aliphatic rings. The predicted octanol–water partition coefficient (Wildman–Crippen LogP) is 3.12. The molecule has 0 unspecified atom stereocenters. The number of nitrogens with zero attached hydrogens (tertiary/aromatic N) is 1. The highest BCUT2D eigenvalue weighted by Crippen LogP contribution is 2.35. The highest BCUT2D eigenvalue weighted by molar-refractivity contribution is 5.86. The molecule has 1 aromatic rings. The lowest BCUT2D eigenvalue weighted by Gasteiger charge is -2.12. The number of hydrogen-bond donors (Lipinski definition) is 1. The third-order valence-corrected chi connectivity index (χ3v) is 3.37. The van der Waals surface area contributed by atoms with E-state index in [9.17, 15) is 4.79 Å². The first-order chi connectivity index (χ1) is 7.70. The number of aromatic nitrogens is 1. The van der Waals surface area contributed by atoms with Crippen molar-refractivity contribution in [3.05, 3.63) is 17.0 Å². The number of rotatable bonds is 2. The van der Waals surface area contributed by atoms with Crippen LogP contribution in [-0.4, -0.2) is 16.2 Å². The van der Waals surface area contributed by atoms with Crippen LogP contribution < -0.4 is 0 Å². The van der Waals surface area contributed by atoms with Crippen molar-refractivity contribution in [2.75, 3.05) is 0 Å². The van der Waals surface area contributed by atoms with E-state index in [0.717, 1.165) is 24.1 Å². The summed E-state index contributed by atoms with van der Waals surface area (Å²) in [5, 5.41) is 12.8. The van der Waals surface area contributed by atoms with Gasteiger partial charge in [0.05, 0.1) is 5.69 Å². The molecule has 16 heavy (non-hydrogen) atoms. The van der Waals surface area contributed by atoms with Crippen LogP contribution in [0.1, 0.15) is 66.3 Å². The van der Waals surface area contributed by atoms with Crippen LogP contribution in [0.15, 0.2) is 4.52 Å². The van der Waals surface area contributed by atoms with E-state index in [1.807, 2.05) is 6.92 Å². The van der Waals surface area contributed by atoms with Gasteiger partial charge in [-0.25, -0.2) is 4.79 Å². The van der Waals surface area contributed by atoms with Crippen LogP contribution in [-0.2, 0) is 0 Å². The lowest BCUT2D eigenvalue weighted by molar-refractivity contribution is 0.0649. The van der Waals surface area contributed by atoms with Crippen molar-refractivity contribution in [2.24, 2.45) is 0 Å². The Morgan fingerprint density at radius 3 is 2.50 bits per heavy atom. The Morgan fingerprint density at radius 2 is 1.94 bits per heavy atom. The lowest BCUT2D eigenvalue weighted by Crippen LogP contribution is -2.05. The first-order valence-corrected chi connectivity index (χ1v) is 5.89. The summed E-state index contributed by atoms with van der Waals surface area (Å²) < 4.78 is 4.90. The zero-order valence-electron chi connectivity index (χ0n) is 9.53. The first-order valence-electron chi connectivity index (χ1n) is 5.89. The average molecular weight is 223 g/mol. The SMILES string of the molecule is Cc1noc(C(=O)O)c1C1CCCCCC1. The molecule has 1 saturated carbocycles. The number of aryl methyl sites for hydroxylation is 1. The summed E-state index contributed by atoms with van der Waals surface area (Å²) in [6, 6.07) is 0. The van der Waals surface area contributed by atoms with Crippen molar-refractivity contribution in [3.8, 4) is 0 Å². The maximum Gasteiger partial charge on any atom is 0.375 e. The van der Waals surface area contributed by atoms with Gasteiger partial charge in [0.2, 0.25) is 5.76 Å². The van der Waals surface area contributed by atoms with Crippen LogP contribution in [0.5, 0.6) is 0 Å². The molecular formula is C12H17NO3. The van der Waals surface area contributed by atoms with E-state index >= 15 is 0 Å². The molecule has 88 valence electrons. The minimum Gasteiger partial charge on any atom is -0.475 e. The van der Waals surface area contributed by atoms with Gasteiger partial charge in [-0.1, -0.05) is 30.8 Å². The van der Waals surface area contributed by atoms with Crippen LogP contribution in [0.3, 0.4) is 0 Å². The molecule has 2 rings (SSSR count). The normalized spacial score (nSPS) is 18.3. The first kappa shape index (κ1) is 11.2. The number of carboxylic acid groups (broad SMARTS) is 1. The fourth-order valence-corrected chi connectivity index (χ4v) is 2.58. The summed E-state index contributed by atoms with van der Waals surface area (Å²) in [6.45, 7) is 1.83. The molecule has 0 bridgehead atoms. The standard InChI is InChI=1S/C12H17NO3/c1-8-10(11(12(14)15)16-13-8)9-6-4-2-3-5-7-9/h9H,2-7H2,1H3,(H,14,15). The van der Waals surface area contributed by atoms with Crippen molar-refractivity contribution < 1.29 is 14.4 Å². The van der Waals surface area contributed by atoms with Gasteiger partial charge in [0.15, 0.2) is 0 Å². The Balaban J connectivity index is 2.29. The summed E-state index contributed by atoms with van der Waals surface area (Å²) in [7, 11) is 0. The zero-order chi connectivity index (χ0) is 11.5. The van der Waals surface area contributed by atoms with Gasteiger partial charge in [0.25, 0.3) is 0 Å². The fourth-order valence-electron chi connectivity index (χ4n) is 2.58. The summed E-state index contributed by atoms with van der Waals surface area (Å²) >= 11 is 0. The fraction of sp³-hybridized carbons (Fsp3) is 0.667. The largest absolute Gasteiger partial charge is 0.475 e. The molecule has 1 heterocycles. The van der Waals surface area contributed by atoms with Crippen LogP contribution in [0.2, 0.25) is 0 Å². The van der Waals surface area contributed by atoms with E-state index in [0.29, 0.717) is 5.92 Å².